The topological polar surface area (TPSA) is 76.8 Å². The molecule has 2 fully saturated rings. The third-order valence-electron chi connectivity index (χ3n) is 4.70. The number of hydrogen-bond donors (Lipinski definition) is 1. The molecule has 0 amide bonds. The van der Waals surface area contributed by atoms with Crippen LogP contribution >= 0.6 is 0 Å². The van der Waals surface area contributed by atoms with Crippen LogP contribution in [0.15, 0.2) is 40.9 Å². The molecule has 0 saturated carbocycles. The average Bonchev–Trinajstić information content (AvgIpc) is 3.16. The molecule has 2 aliphatic rings. The fourth-order valence-corrected chi connectivity index (χ4v) is 3.19. The third-order valence-corrected chi connectivity index (χ3v) is 4.70. The van der Waals surface area contributed by atoms with Crippen molar-refractivity contribution < 1.29 is 18.7 Å². The van der Waals surface area contributed by atoms with Gasteiger partial charge in [-0.1, -0.05) is 30.3 Å². The first-order chi connectivity index (χ1) is 12.2. The second kappa shape index (κ2) is 6.50. The zero-order valence-corrected chi connectivity index (χ0v) is 14.1. The number of esters is 1. The van der Waals surface area contributed by atoms with E-state index in [1.54, 1.807) is 13.1 Å². The van der Waals surface area contributed by atoms with Gasteiger partial charge < -0.3 is 18.8 Å². The van der Waals surface area contributed by atoms with Gasteiger partial charge in [0.05, 0.1) is 25.5 Å². The Morgan fingerprint density at radius 1 is 1.24 bits per heavy atom. The number of nitrogens with zero attached hydrogens (tertiary/aromatic N) is 2. The largest absolute Gasteiger partial charge is 0.462 e. The van der Waals surface area contributed by atoms with Crippen molar-refractivity contribution in [3.63, 3.8) is 0 Å². The molecular formula is C18H21N3O4. The van der Waals surface area contributed by atoms with Gasteiger partial charge in [-0.2, -0.15) is 0 Å². The minimum Gasteiger partial charge on any atom is -0.462 e. The van der Waals surface area contributed by atoms with Gasteiger partial charge in [-0.05, 0) is 12.5 Å². The van der Waals surface area contributed by atoms with Crippen LogP contribution < -0.4 is 10.2 Å². The van der Waals surface area contributed by atoms with E-state index in [-0.39, 0.29) is 18.6 Å². The number of benzene rings is 1. The molecule has 0 unspecified atom stereocenters. The lowest BCUT2D eigenvalue weighted by molar-refractivity contribution is -0.160. The van der Waals surface area contributed by atoms with Crippen LogP contribution in [0.2, 0.25) is 0 Å². The summed E-state index contributed by atoms with van der Waals surface area (Å²) in [4.78, 5) is 18.9. The summed E-state index contributed by atoms with van der Waals surface area (Å²) in [6, 6.07) is 9.79. The zero-order valence-electron chi connectivity index (χ0n) is 14.1. The summed E-state index contributed by atoms with van der Waals surface area (Å²) >= 11 is 0. The molecule has 1 aromatic heterocycles. The van der Waals surface area contributed by atoms with Crippen molar-refractivity contribution in [1.29, 1.82) is 0 Å². The number of morpholine rings is 2. The second-order valence-electron chi connectivity index (χ2n) is 6.43. The number of carbonyl (C=O) groups is 1. The maximum atomic E-state index is 12.5. The first kappa shape index (κ1) is 16.1. The van der Waals surface area contributed by atoms with Gasteiger partial charge in [-0.25, -0.2) is 9.78 Å². The Bertz CT molecular complexity index is 742. The highest BCUT2D eigenvalue weighted by Gasteiger charge is 2.47. The van der Waals surface area contributed by atoms with Gasteiger partial charge >= 0.3 is 5.97 Å². The molecule has 0 spiro atoms. The Kier molecular flexibility index (Phi) is 4.19. The van der Waals surface area contributed by atoms with E-state index in [1.807, 2.05) is 30.3 Å². The lowest BCUT2D eigenvalue weighted by atomic mass is 9.96. The van der Waals surface area contributed by atoms with E-state index in [9.17, 15) is 4.79 Å². The van der Waals surface area contributed by atoms with Crippen molar-refractivity contribution in [2.24, 2.45) is 0 Å². The summed E-state index contributed by atoms with van der Waals surface area (Å²) in [6.07, 6.45) is 1.66. The SMILES string of the molecule is C[C@@]1(c2ncc(N3CCOCC3)o2)N[C@@H](c2ccccc2)COC1=O. The Labute approximate surface area is 145 Å². The predicted octanol–water partition coefficient (Wildman–Crippen LogP) is 1.61. The number of anilines is 1. The Morgan fingerprint density at radius 3 is 2.76 bits per heavy atom. The molecule has 132 valence electrons. The zero-order chi connectivity index (χ0) is 17.3. The standard InChI is InChI=1S/C18H21N3O4/c1-18(16-19-11-15(25-16)21-7-9-23-10-8-21)17(22)24-12-14(20-18)13-5-3-2-4-6-13/h2-6,11,14,20H,7-10,12H2,1H3/t14-,18+/m1/s1. The summed E-state index contributed by atoms with van der Waals surface area (Å²) in [7, 11) is 0. The molecule has 2 aromatic rings. The highest BCUT2D eigenvalue weighted by molar-refractivity contribution is 5.81. The van der Waals surface area contributed by atoms with Crippen LogP contribution in [0.5, 0.6) is 0 Å². The molecule has 1 aromatic carbocycles. The smallest absolute Gasteiger partial charge is 0.335 e. The molecule has 0 aliphatic carbocycles. The van der Waals surface area contributed by atoms with E-state index in [1.165, 1.54) is 0 Å². The number of carbonyl (C=O) groups excluding carboxylic acids is 1. The van der Waals surface area contributed by atoms with Crippen LogP contribution in [0.1, 0.15) is 24.4 Å². The van der Waals surface area contributed by atoms with Gasteiger partial charge in [0.2, 0.25) is 11.8 Å². The van der Waals surface area contributed by atoms with Gasteiger partial charge in [0.25, 0.3) is 0 Å². The van der Waals surface area contributed by atoms with Crippen molar-refractivity contribution >= 4 is 11.9 Å². The molecule has 25 heavy (non-hydrogen) atoms. The van der Waals surface area contributed by atoms with E-state index < -0.39 is 5.54 Å². The molecule has 0 radical (unpaired) electrons. The summed E-state index contributed by atoms with van der Waals surface area (Å²) in [5.74, 6) is 0.589. The van der Waals surface area contributed by atoms with Gasteiger partial charge in [-0.3, -0.25) is 5.32 Å². The number of oxazole rings is 1. The number of nitrogens with one attached hydrogen (secondary N) is 1. The van der Waals surface area contributed by atoms with Gasteiger partial charge in [0.1, 0.15) is 6.61 Å². The molecule has 7 heteroatoms. The van der Waals surface area contributed by atoms with Crippen molar-refractivity contribution in [3.8, 4) is 0 Å². The lowest BCUT2D eigenvalue weighted by Crippen LogP contribution is -2.54. The first-order valence-corrected chi connectivity index (χ1v) is 8.46. The van der Waals surface area contributed by atoms with Crippen molar-refractivity contribution in [1.82, 2.24) is 10.3 Å². The minimum atomic E-state index is -1.12. The number of cyclic esters (lactones) is 1. The van der Waals surface area contributed by atoms with Gasteiger partial charge in [0.15, 0.2) is 5.54 Å². The van der Waals surface area contributed by atoms with Crippen LogP contribution in [-0.4, -0.2) is 43.9 Å². The van der Waals surface area contributed by atoms with Crippen LogP contribution in [0.25, 0.3) is 0 Å². The van der Waals surface area contributed by atoms with Crippen LogP contribution in [-0.2, 0) is 19.8 Å². The fraction of sp³-hybridized carbons (Fsp3) is 0.444. The molecule has 0 bridgehead atoms. The van der Waals surface area contributed by atoms with Crippen molar-refractivity contribution in [2.75, 3.05) is 37.8 Å². The number of hydrogen-bond acceptors (Lipinski definition) is 7. The number of rotatable bonds is 3. The Hall–Kier alpha value is -2.38. The summed E-state index contributed by atoms with van der Waals surface area (Å²) in [5, 5.41) is 3.35. The first-order valence-electron chi connectivity index (χ1n) is 8.46. The lowest BCUT2D eigenvalue weighted by Gasteiger charge is -2.35. The van der Waals surface area contributed by atoms with Crippen molar-refractivity contribution in [3.05, 3.63) is 48.0 Å². The molecular weight excluding hydrogens is 322 g/mol. The molecule has 2 saturated heterocycles. The normalized spacial score (nSPS) is 27.2. The van der Waals surface area contributed by atoms with E-state index in [4.69, 9.17) is 13.9 Å². The molecule has 4 rings (SSSR count). The quantitative estimate of drug-likeness (QED) is 0.849. The Morgan fingerprint density at radius 2 is 2.00 bits per heavy atom. The van der Waals surface area contributed by atoms with Gasteiger partial charge in [0, 0.05) is 13.1 Å². The Balaban J connectivity index is 1.58. The maximum absolute atomic E-state index is 12.5. The second-order valence-corrected chi connectivity index (χ2v) is 6.43. The van der Waals surface area contributed by atoms with Crippen molar-refractivity contribution in [2.45, 2.75) is 18.5 Å². The summed E-state index contributed by atoms with van der Waals surface area (Å²) < 4.78 is 16.7. The van der Waals surface area contributed by atoms with Gasteiger partial charge in [-0.15, -0.1) is 0 Å². The third kappa shape index (κ3) is 3.01. The molecule has 7 nitrogen and oxygen atoms in total. The number of aromatic nitrogens is 1. The van der Waals surface area contributed by atoms with E-state index in [0.717, 1.165) is 18.7 Å². The maximum Gasteiger partial charge on any atom is 0.335 e. The van der Waals surface area contributed by atoms with Crippen LogP contribution in [0.3, 0.4) is 0 Å². The van der Waals surface area contributed by atoms with E-state index >= 15 is 0 Å². The highest BCUT2D eigenvalue weighted by atomic mass is 16.5. The molecule has 2 atom stereocenters. The predicted molar refractivity (Wildman–Crippen MR) is 90.2 cm³/mol. The molecule has 1 N–H and O–H groups in total. The fourth-order valence-electron chi connectivity index (χ4n) is 3.19. The molecule has 2 aliphatic heterocycles. The molecule has 3 heterocycles. The van der Waals surface area contributed by atoms with E-state index in [0.29, 0.717) is 25.0 Å². The summed E-state index contributed by atoms with van der Waals surface area (Å²) in [6.45, 7) is 4.84. The van der Waals surface area contributed by atoms with Crippen LogP contribution in [0, 0.1) is 0 Å². The highest BCUT2D eigenvalue weighted by Crippen LogP contribution is 2.32. The van der Waals surface area contributed by atoms with E-state index in [2.05, 4.69) is 15.2 Å². The average molecular weight is 343 g/mol. The monoisotopic (exact) mass is 343 g/mol. The summed E-state index contributed by atoms with van der Waals surface area (Å²) in [5.41, 5.74) is -0.0651. The van der Waals surface area contributed by atoms with Crippen LogP contribution in [0.4, 0.5) is 5.88 Å². The minimum absolute atomic E-state index is 0.109. The number of ether oxygens (including phenoxy) is 2.